The molecule has 1 N–H and O–H groups in total. The lowest BCUT2D eigenvalue weighted by Crippen LogP contribution is -2.23. The fraction of sp³-hybridized carbons (Fsp3) is 0.0870. The molecule has 0 spiro atoms. The monoisotopic (exact) mass is 413 g/mol. The van der Waals surface area contributed by atoms with Gasteiger partial charge in [-0.15, -0.1) is 0 Å². The summed E-state index contributed by atoms with van der Waals surface area (Å²) >= 11 is 0. The van der Waals surface area contributed by atoms with Crippen molar-refractivity contribution in [2.45, 2.75) is 13.8 Å². The maximum absolute atomic E-state index is 13.3. The highest BCUT2D eigenvalue weighted by molar-refractivity contribution is 5.82. The lowest BCUT2D eigenvalue weighted by atomic mass is 10.1. The van der Waals surface area contributed by atoms with E-state index in [0.29, 0.717) is 22.2 Å². The van der Waals surface area contributed by atoms with Crippen molar-refractivity contribution in [3.63, 3.8) is 0 Å². The van der Waals surface area contributed by atoms with Crippen LogP contribution in [0, 0.1) is 24.0 Å². The maximum atomic E-state index is 13.3. The van der Waals surface area contributed by atoms with Gasteiger partial charge in [0.1, 0.15) is 0 Å². The molecule has 0 atom stereocenters. The molecular weight excluding hydrogens is 394 g/mol. The third-order valence-electron chi connectivity index (χ3n) is 5.05. The van der Waals surface area contributed by atoms with Gasteiger partial charge >= 0.3 is 0 Å². The van der Waals surface area contributed by atoms with Gasteiger partial charge in [-0.2, -0.15) is 5.10 Å². The highest BCUT2D eigenvalue weighted by Crippen LogP contribution is 2.21. The standard InChI is InChI=1S/C23H19N5O3/c1-15-7-5-12-21(16(15)2)27-22(29)19-10-3-4-11-20(19)25-23(27)26-24-14-17-8-6-9-18(13-17)28(30)31/h3-14H,1-2H3,(H,25,26)/b24-14-. The predicted molar refractivity (Wildman–Crippen MR) is 121 cm³/mol. The number of hydrogen-bond donors (Lipinski definition) is 1. The zero-order valence-electron chi connectivity index (χ0n) is 16.9. The first-order valence-electron chi connectivity index (χ1n) is 9.57. The van der Waals surface area contributed by atoms with Crippen LogP contribution in [0.3, 0.4) is 0 Å². The molecule has 0 aliphatic heterocycles. The Kier molecular flexibility index (Phi) is 5.28. The van der Waals surface area contributed by atoms with Gasteiger partial charge in [0.15, 0.2) is 0 Å². The van der Waals surface area contributed by atoms with Crippen molar-refractivity contribution in [1.82, 2.24) is 9.55 Å². The first kappa shape index (κ1) is 20.0. The number of para-hydroxylation sites is 1. The topological polar surface area (TPSA) is 102 Å². The van der Waals surface area contributed by atoms with Gasteiger partial charge in [-0.05, 0) is 43.2 Å². The number of non-ortho nitro benzene ring substituents is 1. The summed E-state index contributed by atoms with van der Waals surface area (Å²) in [5.41, 5.74) is 6.39. The third-order valence-corrected chi connectivity index (χ3v) is 5.05. The van der Waals surface area contributed by atoms with Crippen LogP contribution >= 0.6 is 0 Å². The average Bonchev–Trinajstić information content (AvgIpc) is 2.77. The van der Waals surface area contributed by atoms with Gasteiger partial charge in [0.25, 0.3) is 11.2 Å². The lowest BCUT2D eigenvalue weighted by Gasteiger charge is -2.16. The Morgan fingerprint density at radius 3 is 2.65 bits per heavy atom. The van der Waals surface area contributed by atoms with Gasteiger partial charge in [0.2, 0.25) is 5.95 Å². The minimum Gasteiger partial charge on any atom is -0.268 e. The summed E-state index contributed by atoms with van der Waals surface area (Å²) in [4.78, 5) is 28.4. The van der Waals surface area contributed by atoms with Crippen molar-refractivity contribution < 1.29 is 4.92 Å². The number of benzene rings is 3. The Labute approximate surface area is 177 Å². The molecular formula is C23H19N5O3. The van der Waals surface area contributed by atoms with Crippen LogP contribution in [0.4, 0.5) is 11.6 Å². The summed E-state index contributed by atoms with van der Waals surface area (Å²) in [5, 5.41) is 15.6. The van der Waals surface area contributed by atoms with Crippen LogP contribution in [0.2, 0.25) is 0 Å². The number of hydrazone groups is 1. The van der Waals surface area contributed by atoms with E-state index in [1.807, 2.05) is 38.1 Å². The molecule has 0 bridgehead atoms. The third kappa shape index (κ3) is 3.91. The average molecular weight is 413 g/mol. The summed E-state index contributed by atoms with van der Waals surface area (Å²) in [6.45, 7) is 3.92. The molecule has 0 saturated carbocycles. The van der Waals surface area contributed by atoms with E-state index in [9.17, 15) is 14.9 Å². The molecule has 0 amide bonds. The van der Waals surface area contributed by atoms with Crippen LogP contribution in [0.1, 0.15) is 16.7 Å². The van der Waals surface area contributed by atoms with E-state index in [1.54, 1.807) is 30.3 Å². The number of nitrogens with one attached hydrogen (secondary N) is 1. The summed E-state index contributed by atoms with van der Waals surface area (Å²) in [6, 6.07) is 18.9. The molecule has 3 aromatic carbocycles. The van der Waals surface area contributed by atoms with E-state index >= 15 is 0 Å². The molecule has 0 aliphatic rings. The van der Waals surface area contributed by atoms with Crippen LogP contribution in [0.15, 0.2) is 76.6 Å². The van der Waals surface area contributed by atoms with Gasteiger partial charge in [0, 0.05) is 17.7 Å². The van der Waals surface area contributed by atoms with Crippen molar-refractivity contribution in [2.24, 2.45) is 5.10 Å². The molecule has 0 unspecified atom stereocenters. The Balaban J connectivity index is 1.81. The molecule has 0 fully saturated rings. The van der Waals surface area contributed by atoms with Gasteiger partial charge in [-0.3, -0.25) is 14.9 Å². The molecule has 8 nitrogen and oxygen atoms in total. The SMILES string of the molecule is Cc1cccc(-n2c(N/N=C\c3cccc([N+](=O)[O-])c3)nc3ccccc3c2=O)c1C. The maximum Gasteiger partial charge on any atom is 0.270 e. The Morgan fingerprint density at radius 1 is 1.06 bits per heavy atom. The fourth-order valence-corrected chi connectivity index (χ4v) is 3.29. The molecule has 0 radical (unpaired) electrons. The zero-order chi connectivity index (χ0) is 22.0. The van der Waals surface area contributed by atoms with Gasteiger partial charge in [0.05, 0.1) is 27.7 Å². The minimum absolute atomic E-state index is 0.0277. The highest BCUT2D eigenvalue weighted by Gasteiger charge is 2.14. The number of nitro benzene ring substituents is 1. The number of hydrogen-bond acceptors (Lipinski definition) is 6. The van der Waals surface area contributed by atoms with Crippen LogP contribution in [-0.2, 0) is 0 Å². The van der Waals surface area contributed by atoms with Gasteiger partial charge in [-0.1, -0.05) is 36.4 Å². The Hall–Kier alpha value is -4.33. The van der Waals surface area contributed by atoms with Crippen LogP contribution in [0.5, 0.6) is 0 Å². The Bertz CT molecular complexity index is 1390. The van der Waals surface area contributed by atoms with Crippen molar-refractivity contribution in [3.8, 4) is 5.69 Å². The zero-order valence-corrected chi connectivity index (χ0v) is 16.9. The molecule has 31 heavy (non-hydrogen) atoms. The summed E-state index contributed by atoms with van der Waals surface area (Å²) in [6.07, 6.45) is 1.45. The first-order chi connectivity index (χ1) is 15.0. The molecule has 4 rings (SSSR count). The lowest BCUT2D eigenvalue weighted by molar-refractivity contribution is -0.384. The van der Waals surface area contributed by atoms with E-state index in [-0.39, 0.29) is 17.2 Å². The van der Waals surface area contributed by atoms with Crippen molar-refractivity contribution in [2.75, 3.05) is 5.43 Å². The number of nitro groups is 1. The van der Waals surface area contributed by atoms with Crippen LogP contribution < -0.4 is 11.0 Å². The largest absolute Gasteiger partial charge is 0.270 e. The molecule has 0 aliphatic carbocycles. The number of rotatable bonds is 5. The second-order valence-corrected chi connectivity index (χ2v) is 7.03. The highest BCUT2D eigenvalue weighted by atomic mass is 16.6. The second kappa shape index (κ2) is 8.19. The number of aryl methyl sites for hydroxylation is 1. The Morgan fingerprint density at radius 2 is 1.84 bits per heavy atom. The number of anilines is 1. The number of fused-ring (bicyclic) bond motifs is 1. The number of aromatic nitrogens is 2. The molecule has 4 aromatic rings. The van der Waals surface area contributed by atoms with E-state index < -0.39 is 4.92 Å². The molecule has 8 heteroatoms. The quantitative estimate of drug-likeness (QED) is 0.298. The second-order valence-electron chi connectivity index (χ2n) is 7.03. The minimum atomic E-state index is -0.464. The summed E-state index contributed by atoms with van der Waals surface area (Å²) in [7, 11) is 0. The van der Waals surface area contributed by atoms with Crippen molar-refractivity contribution in [3.05, 3.63) is 104 Å². The normalized spacial score (nSPS) is 11.2. The van der Waals surface area contributed by atoms with Gasteiger partial charge < -0.3 is 0 Å². The molecule has 1 aromatic heterocycles. The predicted octanol–water partition coefficient (Wildman–Crippen LogP) is 4.36. The van der Waals surface area contributed by atoms with E-state index in [1.165, 1.54) is 22.9 Å². The van der Waals surface area contributed by atoms with Crippen molar-refractivity contribution in [1.29, 1.82) is 0 Å². The molecule has 0 saturated heterocycles. The molecule has 154 valence electrons. The van der Waals surface area contributed by atoms with E-state index in [2.05, 4.69) is 15.5 Å². The van der Waals surface area contributed by atoms with Gasteiger partial charge in [-0.25, -0.2) is 15.0 Å². The van der Waals surface area contributed by atoms with E-state index in [0.717, 1.165) is 11.1 Å². The van der Waals surface area contributed by atoms with E-state index in [4.69, 9.17) is 0 Å². The smallest absolute Gasteiger partial charge is 0.268 e. The summed E-state index contributed by atoms with van der Waals surface area (Å²) in [5.74, 6) is 0.249. The fourth-order valence-electron chi connectivity index (χ4n) is 3.29. The number of nitrogens with zero attached hydrogens (tertiary/aromatic N) is 4. The summed E-state index contributed by atoms with van der Waals surface area (Å²) < 4.78 is 1.50. The first-order valence-corrected chi connectivity index (χ1v) is 9.57. The van der Waals surface area contributed by atoms with Crippen LogP contribution in [0.25, 0.3) is 16.6 Å². The van der Waals surface area contributed by atoms with Crippen LogP contribution in [-0.4, -0.2) is 20.7 Å². The van der Waals surface area contributed by atoms with Crippen molar-refractivity contribution >= 4 is 28.8 Å². The molecule has 1 heterocycles.